The summed E-state index contributed by atoms with van der Waals surface area (Å²) in [5.41, 5.74) is 2.64. The van der Waals surface area contributed by atoms with Crippen molar-refractivity contribution in [2.24, 2.45) is 0 Å². The van der Waals surface area contributed by atoms with Gasteiger partial charge in [0.2, 0.25) is 0 Å². The summed E-state index contributed by atoms with van der Waals surface area (Å²) in [4.78, 5) is 0. The molecule has 3 heteroatoms. The monoisotopic (exact) mass is 294 g/mol. The van der Waals surface area contributed by atoms with E-state index in [1.165, 1.54) is 0 Å². The van der Waals surface area contributed by atoms with Crippen LogP contribution in [0, 0.1) is 17.4 Å². The molecule has 0 bridgehead atoms. The molecule has 0 aliphatic heterocycles. The van der Waals surface area contributed by atoms with E-state index in [-0.39, 0.29) is 0 Å². The first kappa shape index (κ1) is 10.6. The van der Waals surface area contributed by atoms with Gasteiger partial charge in [0.25, 0.3) is 6.08 Å². The average molecular weight is 294 g/mol. The molecule has 0 amide bonds. The highest BCUT2D eigenvalue weighted by Gasteiger charge is 2.01. The SMILES string of the molecule is Cc1cc(C=C(F)F)cc(C)c1I. The van der Waals surface area contributed by atoms with Crippen LogP contribution in [0.2, 0.25) is 0 Å². The molecule has 70 valence electrons. The predicted octanol–water partition coefficient (Wildman–Crippen LogP) is 4.15. The zero-order chi connectivity index (χ0) is 10.0. The molecule has 0 aliphatic rings. The molecule has 0 atom stereocenters. The molecule has 0 spiro atoms. The molecule has 0 fully saturated rings. The van der Waals surface area contributed by atoms with Crippen LogP contribution in [0.1, 0.15) is 16.7 Å². The third kappa shape index (κ3) is 2.76. The summed E-state index contributed by atoms with van der Waals surface area (Å²) in [5, 5.41) is 0. The van der Waals surface area contributed by atoms with Gasteiger partial charge in [-0.1, -0.05) is 12.1 Å². The van der Waals surface area contributed by atoms with Gasteiger partial charge in [0.15, 0.2) is 0 Å². The fourth-order valence-corrected chi connectivity index (χ4v) is 1.50. The van der Waals surface area contributed by atoms with Gasteiger partial charge in [-0.25, -0.2) is 0 Å². The molecule has 0 saturated carbocycles. The van der Waals surface area contributed by atoms with Crippen molar-refractivity contribution in [3.63, 3.8) is 0 Å². The third-order valence-electron chi connectivity index (χ3n) is 1.73. The minimum atomic E-state index is -1.65. The van der Waals surface area contributed by atoms with Crippen molar-refractivity contribution >= 4 is 28.7 Å². The van der Waals surface area contributed by atoms with Crippen LogP contribution in [0.25, 0.3) is 6.08 Å². The molecule has 13 heavy (non-hydrogen) atoms. The van der Waals surface area contributed by atoms with E-state index in [0.29, 0.717) is 5.56 Å². The number of rotatable bonds is 1. The van der Waals surface area contributed by atoms with Crippen LogP contribution in [-0.4, -0.2) is 0 Å². The summed E-state index contributed by atoms with van der Waals surface area (Å²) < 4.78 is 25.0. The smallest absolute Gasteiger partial charge is 0.173 e. The number of benzene rings is 1. The highest BCUT2D eigenvalue weighted by atomic mass is 127. The van der Waals surface area contributed by atoms with Crippen LogP contribution >= 0.6 is 22.6 Å². The number of hydrogen-bond acceptors (Lipinski definition) is 0. The fraction of sp³-hybridized carbons (Fsp3) is 0.200. The second-order valence-corrected chi connectivity index (χ2v) is 3.98. The summed E-state index contributed by atoms with van der Waals surface area (Å²) in [7, 11) is 0. The van der Waals surface area contributed by atoms with Crippen LogP contribution in [0.4, 0.5) is 8.78 Å². The second kappa shape index (κ2) is 4.17. The van der Waals surface area contributed by atoms with Gasteiger partial charge in [0.05, 0.1) is 0 Å². The number of aryl methyl sites for hydroxylation is 2. The average Bonchev–Trinajstić information content (AvgIpc) is 1.98. The molecule has 0 radical (unpaired) electrons. The number of hydrogen-bond donors (Lipinski definition) is 0. The van der Waals surface area contributed by atoms with Crippen molar-refractivity contribution in [2.75, 3.05) is 0 Å². The summed E-state index contributed by atoms with van der Waals surface area (Å²) in [6.07, 6.45) is -0.768. The second-order valence-electron chi connectivity index (χ2n) is 2.90. The molecule has 0 heterocycles. The summed E-state index contributed by atoms with van der Waals surface area (Å²) in [6, 6.07) is 3.52. The van der Waals surface area contributed by atoms with Crippen molar-refractivity contribution in [1.29, 1.82) is 0 Å². The molecule has 0 saturated heterocycles. The van der Waals surface area contributed by atoms with Gasteiger partial charge >= 0.3 is 0 Å². The lowest BCUT2D eigenvalue weighted by Gasteiger charge is -2.04. The largest absolute Gasteiger partial charge is 0.270 e. The molecule has 0 aliphatic carbocycles. The lowest BCUT2D eigenvalue weighted by atomic mass is 10.1. The topological polar surface area (TPSA) is 0 Å². The van der Waals surface area contributed by atoms with E-state index >= 15 is 0 Å². The maximum atomic E-state index is 11.9. The molecular formula is C10H9F2I. The van der Waals surface area contributed by atoms with E-state index in [1.807, 2.05) is 13.8 Å². The summed E-state index contributed by atoms with van der Waals surface area (Å²) in [6.45, 7) is 3.84. The van der Waals surface area contributed by atoms with Crippen molar-refractivity contribution in [3.05, 3.63) is 38.5 Å². The van der Waals surface area contributed by atoms with E-state index in [9.17, 15) is 8.78 Å². The van der Waals surface area contributed by atoms with E-state index < -0.39 is 6.08 Å². The lowest BCUT2D eigenvalue weighted by molar-refractivity contribution is 0.429. The van der Waals surface area contributed by atoms with Gasteiger partial charge < -0.3 is 0 Å². The Morgan fingerprint density at radius 1 is 1.23 bits per heavy atom. The Kier molecular flexibility index (Phi) is 3.41. The lowest BCUT2D eigenvalue weighted by Crippen LogP contribution is -1.87. The molecule has 0 aromatic heterocycles. The molecule has 1 aromatic carbocycles. The Balaban J connectivity index is 3.21. The molecule has 1 rings (SSSR count). The Morgan fingerprint density at radius 3 is 2.08 bits per heavy atom. The first-order chi connectivity index (χ1) is 6.00. The zero-order valence-electron chi connectivity index (χ0n) is 7.37. The van der Waals surface area contributed by atoms with Crippen LogP contribution in [0.5, 0.6) is 0 Å². The Labute approximate surface area is 89.8 Å². The normalized spacial score (nSPS) is 9.92. The van der Waals surface area contributed by atoms with Gasteiger partial charge in [0.1, 0.15) is 0 Å². The zero-order valence-corrected chi connectivity index (χ0v) is 9.52. The minimum absolute atomic E-state index is 0.565. The quantitative estimate of drug-likeness (QED) is 0.683. The highest BCUT2D eigenvalue weighted by molar-refractivity contribution is 14.1. The van der Waals surface area contributed by atoms with Crippen LogP contribution in [0.15, 0.2) is 18.2 Å². The van der Waals surface area contributed by atoms with Crippen molar-refractivity contribution in [3.8, 4) is 0 Å². The van der Waals surface area contributed by atoms with Gasteiger partial charge in [-0.05, 0) is 53.1 Å². The van der Waals surface area contributed by atoms with Gasteiger partial charge in [-0.15, -0.1) is 0 Å². The first-order valence-electron chi connectivity index (χ1n) is 3.80. The maximum Gasteiger partial charge on any atom is 0.270 e. The van der Waals surface area contributed by atoms with Crippen molar-refractivity contribution in [1.82, 2.24) is 0 Å². The maximum absolute atomic E-state index is 11.9. The van der Waals surface area contributed by atoms with Crippen molar-refractivity contribution < 1.29 is 8.78 Å². The summed E-state index contributed by atoms with van der Waals surface area (Å²) >= 11 is 2.21. The molecular weight excluding hydrogens is 285 g/mol. The Bertz CT molecular complexity index is 329. The van der Waals surface area contributed by atoms with Crippen LogP contribution < -0.4 is 0 Å². The van der Waals surface area contributed by atoms with E-state index in [2.05, 4.69) is 22.6 Å². The van der Waals surface area contributed by atoms with Crippen LogP contribution in [0.3, 0.4) is 0 Å². The number of halogens is 3. The first-order valence-corrected chi connectivity index (χ1v) is 4.88. The van der Waals surface area contributed by atoms with Gasteiger partial charge in [-0.2, -0.15) is 8.78 Å². The Morgan fingerprint density at radius 2 is 1.69 bits per heavy atom. The Hall–Kier alpha value is -0.450. The molecule has 0 N–H and O–H groups in total. The summed E-state index contributed by atoms with van der Waals surface area (Å²) in [5.74, 6) is 0. The van der Waals surface area contributed by atoms with Crippen molar-refractivity contribution in [2.45, 2.75) is 13.8 Å². The fourth-order valence-electron chi connectivity index (χ4n) is 1.19. The molecule has 0 unspecified atom stereocenters. The van der Waals surface area contributed by atoms with E-state index in [1.54, 1.807) is 12.1 Å². The molecule has 0 nitrogen and oxygen atoms in total. The van der Waals surface area contributed by atoms with Gasteiger partial charge in [0, 0.05) is 9.65 Å². The van der Waals surface area contributed by atoms with Crippen LogP contribution in [-0.2, 0) is 0 Å². The minimum Gasteiger partial charge on any atom is -0.173 e. The standard InChI is InChI=1S/C10H9F2I/c1-6-3-8(5-9(11)12)4-7(2)10(6)13/h3-5H,1-2H3. The predicted molar refractivity (Wildman–Crippen MR) is 58.8 cm³/mol. The van der Waals surface area contributed by atoms with E-state index in [4.69, 9.17) is 0 Å². The third-order valence-corrected chi connectivity index (χ3v) is 3.44. The van der Waals surface area contributed by atoms with Gasteiger partial charge in [-0.3, -0.25) is 0 Å². The molecule has 1 aromatic rings. The highest BCUT2D eigenvalue weighted by Crippen LogP contribution is 2.20. The van der Waals surface area contributed by atoms with E-state index in [0.717, 1.165) is 20.8 Å².